The Hall–Kier alpha value is -1.72. The molecular weight excluding hydrogens is 290 g/mol. The van der Waals surface area contributed by atoms with E-state index in [-0.39, 0.29) is 6.04 Å². The van der Waals surface area contributed by atoms with Gasteiger partial charge in [-0.2, -0.15) is 4.98 Å². The molecule has 5 nitrogen and oxygen atoms in total. The average molecular weight is 315 g/mol. The zero-order valence-electron chi connectivity index (χ0n) is 14.4. The molecule has 0 amide bonds. The summed E-state index contributed by atoms with van der Waals surface area (Å²) in [6, 6.07) is 6.91. The van der Waals surface area contributed by atoms with Gasteiger partial charge in [0.15, 0.2) is 5.82 Å². The van der Waals surface area contributed by atoms with Crippen LogP contribution in [0.3, 0.4) is 0 Å². The fraction of sp³-hybridized carbons (Fsp3) is 0.556. The summed E-state index contributed by atoms with van der Waals surface area (Å²) >= 11 is 0. The summed E-state index contributed by atoms with van der Waals surface area (Å²) in [5.41, 5.74) is 4.19. The van der Waals surface area contributed by atoms with Gasteiger partial charge >= 0.3 is 0 Å². The van der Waals surface area contributed by atoms with Gasteiger partial charge in [0.05, 0.1) is 6.04 Å². The molecule has 124 valence electrons. The van der Waals surface area contributed by atoms with Crippen LogP contribution >= 0.6 is 0 Å². The second kappa shape index (κ2) is 6.81. The summed E-state index contributed by atoms with van der Waals surface area (Å²) in [7, 11) is 1.63. The van der Waals surface area contributed by atoms with Gasteiger partial charge in [-0.15, -0.1) is 0 Å². The number of benzene rings is 1. The summed E-state index contributed by atoms with van der Waals surface area (Å²) in [6.07, 6.45) is 1.17. The van der Waals surface area contributed by atoms with E-state index in [1.54, 1.807) is 7.11 Å². The second-order valence-electron chi connectivity index (χ2n) is 6.50. The molecule has 0 saturated carbocycles. The molecule has 1 fully saturated rings. The third-order valence-electron chi connectivity index (χ3n) is 4.75. The lowest BCUT2D eigenvalue weighted by Crippen LogP contribution is -2.24. The van der Waals surface area contributed by atoms with Crippen LogP contribution in [0.2, 0.25) is 0 Å². The maximum absolute atomic E-state index is 5.39. The van der Waals surface area contributed by atoms with Crippen molar-refractivity contribution in [1.82, 2.24) is 15.0 Å². The molecule has 0 spiro atoms. The molecular formula is C18H25N3O2. The summed E-state index contributed by atoms with van der Waals surface area (Å²) in [5.74, 6) is 1.87. The third-order valence-corrected chi connectivity index (χ3v) is 4.75. The van der Waals surface area contributed by atoms with E-state index in [4.69, 9.17) is 9.26 Å². The highest BCUT2D eigenvalue weighted by Gasteiger charge is 2.31. The maximum Gasteiger partial charge on any atom is 0.243 e. The van der Waals surface area contributed by atoms with E-state index in [1.807, 2.05) is 0 Å². The Morgan fingerprint density at radius 3 is 2.96 bits per heavy atom. The van der Waals surface area contributed by atoms with Crippen LogP contribution in [0, 0.1) is 13.8 Å². The monoisotopic (exact) mass is 315 g/mol. The van der Waals surface area contributed by atoms with Gasteiger partial charge in [0.1, 0.15) is 6.61 Å². The summed E-state index contributed by atoms with van der Waals surface area (Å²) in [5, 5.41) is 3.96. The highest BCUT2D eigenvalue weighted by atomic mass is 16.5. The molecule has 1 aliphatic rings. The van der Waals surface area contributed by atoms with E-state index in [2.05, 4.69) is 54.0 Å². The van der Waals surface area contributed by atoms with Crippen molar-refractivity contribution in [3.8, 4) is 0 Å². The number of aromatic nitrogens is 2. The fourth-order valence-electron chi connectivity index (χ4n) is 3.46. The van der Waals surface area contributed by atoms with E-state index in [0.29, 0.717) is 24.2 Å². The molecule has 1 saturated heterocycles. The van der Waals surface area contributed by atoms with Crippen molar-refractivity contribution >= 4 is 0 Å². The summed E-state index contributed by atoms with van der Waals surface area (Å²) in [6.45, 7) is 8.97. The van der Waals surface area contributed by atoms with Gasteiger partial charge < -0.3 is 9.26 Å². The topological polar surface area (TPSA) is 51.4 Å². The number of nitrogens with zero attached hydrogens (tertiary/aromatic N) is 3. The molecule has 1 aliphatic heterocycles. The fourth-order valence-corrected chi connectivity index (χ4v) is 3.46. The first kappa shape index (κ1) is 16.1. The van der Waals surface area contributed by atoms with E-state index in [1.165, 1.54) is 23.1 Å². The van der Waals surface area contributed by atoms with Crippen molar-refractivity contribution in [1.29, 1.82) is 0 Å². The minimum atomic E-state index is 0.142. The molecule has 0 N–H and O–H groups in total. The van der Waals surface area contributed by atoms with Crippen LogP contribution in [0.4, 0.5) is 0 Å². The zero-order chi connectivity index (χ0) is 16.4. The first-order valence-corrected chi connectivity index (χ1v) is 8.21. The highest BCUT2D eigenvalue weighted by Crippen LogP contribution is 2.34. The van der Waals surface area contributed by atoms with E-state index >= 15 is 0 Å². The molecule has 1 aromatic carbocycles. The Morgan fingerprint density at radius 2 is 2.22 bits per heavy atom. The maximum atomic E-state index is 5.39. The van der Waals surface area contributed by atoms with Gasteiger partial charge in [-0.3, -0.25) is 4.90 Å². The Kier molecular flexibility index (Phi) is 4.78. The zero-order valence-corrected chi connectivity index (χ0v) is 14.4. The number of ether oxygens (including phenoxy) is 1. The third kappa shape index (κ3) is 3.46. The van der Waals surface area contributed by atoms with E-state index < -0.39 is 0 Å². The largest absolute Gasteiger partial charge is 0.377 e. The van der Waals surface area contributed by atoms with Crippen molar-refractivity contribution in [2.45, 2.75) is 45.8 Å². The first-order valence-electron chi connectivity index (χ1n) is 8.21. The predicted molar refractivity (Wildman–Crippen MR) is 88.3 cm³/mol. The number of hydrogen-bond donors (Lipinski definition) is 0. The highest BCUT2D eigenvalue weighted by molar-refractivity contribution is 5.34. The van der Waals surface area contributed by atoms with Crippen LogP contribution < -0.4 is 0 Å². The van der Waals surface area contributed by atoms with E-state index in [0.717, 1.165) is 13.1 Å². The number of rotatable bonds is 5. The van der Waals surface area contributed by atoms with Crippen molar-refractivity contribution in [3.63, 3.8) is 0 Å². The van der Waals surface area contributed by atoms with Crippen molar-refractivity contribution in [3.05, 3.63) is 46.6 Å². The molecule has 23 heavy (non-hydrogen) atoms. The lowest BCUT2D eigenvalue weighted by atomic mass is 9.93. The molecule has 0 bridgehead atoms. The first-order chi connectivity index (χ1) is 11.1. The Labute approximate surface area is 137 Å². The van der Waals surface area contributed by atoms with Gasteiger partial charge in [0, 0.05) is 13.7 Å². The normalized spacial score (nSPS) is 20.1. The minimum absolute atomic E-state index is 0.142. The summed E-state index contributed by atoms with van der Waals surface area (Å²) < 4.78 is 10.4. The standard InChI is InChI=1S/C18H25N3O2/c1-12-5-6-16(13(2)9-12)15-7-8-21(10-15)14(3)18-19-17(11-22-4)20-23-18/h5-6,9,14-15H,7-8,10-11H2,1-4H3/t14-,15+/m0/s1. The van der Waals surface area contributed by atoms with Crippen LogP contribution in [-0.4, -0.2) is 35.2 Å². The van der Waals surface area contributed by atoms with Crippen LogP contribution in [0.5, 0.6) is 0 Å². The molecule has 0 unspecified atom stereocenters. The van der Waals surface area contributed by atoms with Crippen molar-refractivity contribution < 1.29 is 9.26 Å². The summed E-state index contributed by atoms with van der Waals surface area (Å²) in [4.78, 5) is 6.85. The second-order valence-corrected chi connectivity index (χ2v) is 6.50. The molecule has 0 aliphatic carbocycles. The lowest BCUT2D eigenvalue weighted by Gasteiger charge is -2.21. The van der Waals surface area contributed by atoms with Gasteiger partial charge in [-0.25, -0.2) is 0 Å². The quantitative estimate of drug-likeness (QED) is 0.846. The molecule has 5 heteroatoms. The Balaban J connectivity index is 1.68. The van der Waals surface area contributed by atoms with Crippen molar-refractivity contribution in [2.75, 3.05) is 20.2 Å². The van der Waals surface area contributed by atoms with Crippen LogP contribution in [0.15, 0.2) is 22.7 Å². The molecule has 2 aromatic rings. The van der Waals surface area contributed by atoms with Gasteiger partial charge in [-0.05, 0) is 50.8 Å². The van der Waals surface area contributed by atoms with Gasteiger partial charge in [-0.1, -0.05) is 28.9 Å². The molecule has 0 radical (unpaired) electrons. The molecule has 3 rings (SSSR count). The number of likely N-dealkylation sites (tertiary alicyclic amines) is 1. The molecule has 2 atom stereocenters. The molecule has 1 aromatic heterocycles. The number of hydrogen-bond acceptors (Lipinski definition) is 5. The van der Waals surface area contributed by atoms with Crippen LogP contribution in [0.1, 0.15) is 53.7 Å². The Morgan fingerprint density at radius 1 is 1.39 bits per heavy atom. The van der Waals surface area contributed by atoms with Gasteiger partial charge in [0.2, 0.25) is 5.89 Å². The molecule has 2 heterocycles. The lowest BCUT2D eigenvalue weighted by molar-refractivity contribution is 0.173. The predicted octanol–water partition coefficient (Wildman–Crippen LogP) is 3.38. The van der Waals surface area contributed by atoms with Gasteiger partial charge in [0.25, 0.3) is 0 Å². The number of aryl methyl sites for hydroxylation is 2. The van der Waals surface area contributed by atoms with E-state index in [9.17, 15) is 0 Å². The van der Waals surface area contributed by atoms with Crippen LogP contribution in [0.25, 0.3) is 0 Å². The SMILES string of the molecule is COCc1noc([C@H](C)N2CC[C@@H](c3ccc(C)cc3C)C2)n1. The Bertz CT molecular complexity index is 668. The number of methoxy groups -OCH3 is 1. The van der Waals surface area contributed by atoms with Crippen LogP contribution in [-0.2, 0) is 11.3 Å². The minimum Gasteiger partial charge on any atom is -0.377 e. The average Bonchev–Trinajstić information content (AvgIpc) is 3.16. The smallest absolute Gasteiger partial charge is 0.243 e. The van der Waals surface area contributed by atoms with Crippen molar-refractivity contribution in [2.24, 2.45) is 0 Å².